The van der Waals surface area contributed by atoms with Crippen LogP contribution in [0.5, 0.6) is 0 Å². The number of hydrogen-bond acceptors (Lipinski definition) is 8. The Bertz CT molecular complexity index is 1520. The Labute approximate surface area is 257 Å². The van der Waals surface area contributed by atoms with E-state index in [1.165, 1.54) is 12.1 Å². The van der Waals surface area contributed by atoms with Gasteiger partial charge in [-0.2, -0.15) is 0 Å². The van der Waals surface area contributed by atoms with E-state index in [1.807, 2.05) is 17.0 Å². The second-order valence-corrected chi connectivity index (χ2v) is 13.3. The molecule has 1 amide bonds. The molecule has 5 rings (SSSR count). The lowest BCUT2D eigenvalue weighted by molar-refractivity contribution is -0.385. The number of nitro groups is 1. The summed E-state index contributed by atoms with van der Waals surface area (Å²) in [7, 11) is -4.03. The maximum absolute atomic E-state index is 13.3. The van der Waals surface area contributed by atoms with Gasteiger partial charge in [0, 0.05) is 30.1 Å². The molecule has 0 bridgehead atoms. The van der Waals surface area contributed by atoms with Crippen LogP contribution in [0.3, 0.4) is 0 Å². The number of nitrogens with one attached hydrogen (secondary N) is 1. The van der Waals surface area contributed by atoms with Crippen LogP contribution in [0.1, 0.15) is 61.6 Å². The molecule has 1 saturated heterocycles. The normalized spacial score (nSPS) is 22.0. The van der Waals surface area contributed by atoms with E-state index in [1.54, 1.807) is 12.1 Å². The van der Waals surface area contributed by atoms with E-state index >= 15 is 0 Å². The largest absolute Gasteiger partial charge is 0.468 e. The van der Waals surface area contributed by atoms with E-state index < -0.39 is 20.6 Å². The van der Waals surface area contributed by atoms with Crippen LogP contribution in [-0.2, 0) is 35.5 Å². The van der Waals surface area contributed by atoms with Crippen LogP contribution in [0, 0.1) is 33.8 Å². The molecule has 1 atom stereocenters. The fraction of sp³-hybridized carbons (Fsp3) is 0.500. The van der Waals surface area contributed by atoms with Gasteiger partial charge in [0.15, 0.2) is 0 Å². The predicted molar refractivity (Wildman–Crippen MR) is 161 cm³/mol. The summed E-state index contributed by atoms with van der Waals surface area (Å²) >= 11 is 0. The number of amides is 1. The number of carbonyl (C=O) groups excluding carboxylic acids is 2. The smallest absolute Gasteiger partial charge is 0.293 e. The number of morpholine rings is 1. The second kappa shape index (κ2) is 14.3. The number of aryl methyl sites for hydroxylation is 1. The van der Waals surface area contributed by atoms with Gasteiger partial charge in [-0.25, -0.2) is 13.1 Å². The number of sulfonamides is 1. The van der Waals surface area contributed by atoms with Crippen molar-refractivity contribution < 1.29 is 32.4 Å². The zero-order chi connectivity index (χ0) is 31.1. The molecule has 0 unspecified atom stereocenters. The summed E-state index contributed by atoms with van der Waals surface area (Å²) < 4.78 is 39.4. The molecule has 1 N–H and O–H groups in total. The summed E-state index contributed by atoms with van der Waals surface area (Å²) in [5.41, 5.74) is 1.40. The lowest BCUT2D eigenvalue weighted by Crippen LogP contribution is -2.52. The Morgan fingerprint density at radius 1 is 1.09 bits per heavy atom. The van der Waals surface area contributed by atoms with Crippen LogP contribution in [0.2, 0.25) is 0 Å². The minimum Gasteiger partial charge on any atom is -0.468 e. The third-order valence-electron chi connectivity index (χ3n) is 8.58. The molecule has 2 aliphatic carbocycles. The lowest BCUT2D eigenvalue weighted by Gasteiger charge is -2.39. The van der Waals surface area contributed by atoms with Gasteiger partial charge in [0.05, 0.1) is 35.7 Å². The van der Waals surface area contributed by atoms with Gasteiger partial charge in [0.1, 0.15) is 5.56 Å². The van der Waals surface area contributed by atoms with Gasteiger partial charge in [0.25, 0.3) is 12.2 Å². The summed E-state index contributed by atoms with van der Waals surface area (Å²) in [5.74, 6) is 6.25. The van der Waals surface area contributed by atoms with Crippen LogP contribution in [0.25, 0.3) is 0 Å². The van der Waals surface area contributed by atoms with E-state index in [9.17, 15) is 28.1 Å². The first-order chi connectivity index (χ1) is 21.2. The highest BCUT2D eigenvalue weighted by Gasteiger charge is 2.41. The van der Waals surface area contributed by atoms with Crippen LogP contribution in [0.15, 0.2) is 47.4 Å². The topological polar surface area (TPSA) is 145 Å². The average Bonchev–Trinajstić information content (AvgIpc) is 3.88. The number of benzene rings is 2. The summed E-state index contributed by atoms with van der Waals surface area (Å²) in [6.07, 6.45) is 5.90. The molecule has 1 aliphatic heterocycles. The minimum atomic E-state index is -4.03. The molecule has 12 heteroatoms. The highest BCUT2D eigenvalue weighted by molar-refractivity contribution is 7.89. The Morgan fingerprint density at radius 3 is 2.52 bits per heavy atom. The molecule has 234 valence electrons. The third kappa shape index (κ3) is 8.02. The van der Waals surface area contributed by atoms with Crippen molar-refractivity contribution in [1.29, 1.82) is 0 Å². The van der Waals surface area contributed by atoms with Crippen molar-refractivity contribution in [2.45, 2.75) is 68.3 Å². The molecule has 3 fully saturated rings. The number of hydrogen-bond donors (Lipinski definition) is 1. The summed E-state index contributed by atoms with van der Waals surface area (Å²) in [6.45, 7) is 2.51. The molecule has 3 aliphatic rings. The SMILES string of the molecule is O=COCCCc1ccc(C#Cc2ccc(S(=O)(=O)NC3CCC(C(=O)N4CCOC[C@@H]4C4CC4)CC3)cc2[N+](=O)[O-])cc1. The van der Waals surface area contributed by atoms with Gasteiger partial charge in [-0.05, 0) is 87.1 Å². The van der Waals surface area contributed by atoms with Crippen molar-refractivity contribution in [2.24, 2.45) is 11.8 Å². The van der Waals surface area contributed by atoms with Crippen molar-refractivity contribution in [3.8, 4) is 11.8 Å². The molecule has 11 nitrogen and oxygen atoms in total. The first kappa shape index (κ1) is 31.6. The van der Waals surface area contributed by atoms with Crippen LogP contribution < -0.4 is 4.72 Å². The number of carbonyl (C=O) groups is 2. The van der Waals surface area contributed by atoms with E-state index in [0.29, 0.717) is 76.4 Å². The Balaban J connectivity index is 1.19. The van der Waals surface area contributed by atoms with Crippen molar-refractivity contribution in [3.05, 3.63) is 69.3 Å². The average molecular weight is 624 g/mol. The number of nitrogens with zero attached hydrogens (tertiary/aromatic N) is 2. The highest BCUT2D eigenvalue weighted by atomic mass is 32.2. The van der Waals surface area contributed by atoms with E-state index in [0.717, 1.165) is 30.9 Å². The van der Waals surface area contributed by atoms with Gasteiger partial charge >= 0.3 is 0 Å². The van der Waals surface area contributed by atoms with Crippen molar-refractivity contribution >= 4 is 28.1 Å². The fourth-order valence-corrected chi connectivity index (χ4v) is 7.31. The molecule has 1 heterocycles. The van der Waals surface area contributed by atoms with Gasteiger partial charge in [-0.1, -0.05) is 24.0 Å². The van der Waals surface area contributed by atoms with Gasteiger partial charge < -0.3 is 14.4 Å². The van der Waals surface area contributed by atoms with Crippen molar-refractivity contribution in [1.82, 2.24) is 9.62 Å². The summed E-state index contributed by atoms with van der Waals surface area (Å²) in [6, 6.07) is 10.9. The second-order valence-electron chi connectivity index (χ2n) is 11.6. The molecular weight excluding hydrogens is 586 g/mol. The van der Waals surface area contributed by atoms with Crippen molar-refractivity contribution in [3.63, 3.8) is 0 Å². The maximum Gasteiger partial charge on any atom is 0.293 e. The standard InChI is InChI=1S/C32H37N3O8S/c36-22-43-18-1-2-23-3-5-24(6-4-23)7-8-25-13-16-29(20-30(25)35(38)39)44(40,41)33-28-14-11-27(12-15-28)32(37)34-17-19-42-21-31(34)26-9-10-26/h3-6,13,16,20,22,26-28,31,33H,1-2,9-12,14-15,17-19,21H2/t27?,28?,31-/m1/s1. The number of rotatable bonds is 11. The minimum absolute atomic E-state index is 0.107. The molecule has 44 heavy (non-hydrogen) atoms. The van der Waals surface area contributed by atoms with Crippen LogP contribution >= 0.6 is 0 Å². The number of ether oxygens (including phenoxy) is 2. The maximum atomic E-state index is 13.3. The zero-order valence-corrected chi connectivity index (χ0v) is 25.3. The monoisotopic (exact) mass is 623 g/mol. The Hall–Kier alpha value is -3.79. The van der Waals surface area contributed by atoms with Crippen LogP contribution in [0.4, 0.5) is 5.69 Å². The van der Waals surface area contributed by atoms with E-state index in [4.69, 9.17) is 9.47 Å². The van der Waals surface area contributed by atoms with Crippen molar-refractivity contribution in [2.75, 3.05) is 26.4 Å². The van der Waals surface area contributed by atoms with E-state index in [2.05, 4.69) is 16.6 Å². The quantitative estimate of drug-likeness (QED) is 0.132. The van der Waals surface area contributed by atoms with Gasteiger partial charge in [0.2, 0.25) is 15.9 Å². The molecular formula is C32H37N3O8S. The molecule has 2 aromatic rings. The highest BCUT2D eigenvalue weighted by Crippen LogP contribution is 2.38. The summed E-state index contributed by atoms with van der Waals surface area (Å²) in [5, 5.41) is 11.8. The molecule has 0 radical (unpaired) electrons. The lowest BCUT2D eigenvalue weighted by atomic mass is 9.85. The predicted octanol–water partition coefficient (Wildman–Crippen LogP) is 3.57. The molecule has 0 aromatic heterocycles. The molecule has 2 aromatic carbocycles. The molecule has 0 spiro atoms. The first-order valence-electron chi connectivity index (χ1n) is 15.1. The third-order valence-corrected chi connectivity index (χ3v) is 10.1. The summed E-state index contributed by atoms with van der Waals surface area (Å²) in [4.78, 5) is 36.5. The zero-order valence-electron chi connectivity index (χ0n) is 24.5. The first-order valence-corrected chi connectivity index (χ1v) is 16.6. The van der Waals surface area contributed by atoms with E-state index in [-0.39, 0.29) is 34.4 Å². The Kier molecular flexibility index (Phi) is 10.3. The Morgan fingerprint density at radius 2 is 1.84 bits per heavy atom. The number of nitro benzene ring substituents is 1. The van der Waals surface area contributed by atoms with Gasteiger partial charge in [-0.15, -0.1) is 0 Å². The van der Waals surface area contributed by atoms with Gasteiger partial charge in [-0.3, -0.25) is 19.7 Å². The molecule has 2 saturated carbocycles. The van der Waals surface area contributed by atoms with Crippen LogP contribution in [-0.4, -0.2) is 69.1 Å². The fourth-order valence-electron chi connectivity index (χ4n) is 5.99.